The molecule has 1 aliphatic heterocycles. The quantitative estimate of drug-likeness (QED) is 0.396. The average Bonchev–Trinajstić information content (AvgIpc) is 3.01. The summed E-state index contributed by atoms with van der Waals surface area (Å²) in [6.45, 7) is -3.03. The molecule has 0 aliphatic carbocycles. The van der Waals surface area contributed by atoms with Gasteiger partial charge in [-0.3, -0.25) is 14.9 Å². The third-order valence-corrected chi connectivity index (χ3v) is 4.67. The van der Waals surface area contributed by atoms with E-state index < -0.39 is 52.4 Å². The van der Waals surface area contributed by atoms with E-state index in [4.69, 9.17) is 0 Å². The van der Waals surface area contributed by atoms with E-state index in [-0.39, 0.29) is 11.7 Å². The molecule has 0 radical (unpaired) electrons. The first-order valence-corrected chi connectivity index (χ1v) is 8.92. The molecule has 13 heteroatoms. The highest BCUT2D eigenvalue weighted by atomic mass is 19.4. The SMILES string of the molecule is CN1CCCC1CNc1ccc(C(=O)N(CC(F)(F)F)CC(F)(F)F)cc1[N+](=O)[O-]. The maximum Gasteiger partial charge on any atom is 0.406 e. The number of likely N-dealkylation sites (tertiary alicyclic amines) is 1. The predicted molar refractivity (Wildman–Crippen MR) is 95.3 cm³/mol. The van der Waals surface area contributed by atoms with E-state index in [9.17, 15) is 41.3 Å². The van der Waals surface area contributed by atoms with Gasteiger partial charge in [-0.1, -0.05) is 0 Å². The van der Waals surface area contributed by atoms with Gasteiger partial charge in [-0.2, -0.15) is 26.3 Å². The van der Waals surface area contributed by atoms with Crippen LogP contribution in [-0.4, -0.2) is 72.3 Å². The number of benzene rings is 1. The summed E-state index contributed by atoms with van der Waals surface area (Å²) < 4.78 is 75.8. The highest BCUT2D eigenvalue weighted by Crippen LogP contribution is 2.29. The fraction of sp³-hybridized carbons (Fsp3) is 0.588. The summed E-state index contributed by atoms with van der Waals surface area (Å²) in [7, 11) is 1.89. The number of rotatable bonds is 7. The Morgan fingerprint density at radius 3 is 2.30 bits per heavy atom. The molecule has 7 nitrogen and oxygen atoms in total. The van der Waals surface area contributed by atoms with E-state index in [1.54, 1.807) is 0 Å². The van der Waals surface area contributed by atoms with Gasteiger partial charge in [-0.05, 0) is 38.6 Å². The first-order valence-electron chi connectivity index (χ1n) is 8.92. The number of nitro groups is 1. The van der Waals surface area contributed by atoms with Gasteiger partial charge in [0.05, 0.1) is 4.92 Å². The van der Waals surface area contributed by atoms with E-state index in [2.05, 4.69) is 10.2 Å². The molecule has 0 saturated carbocycles. The second-order valence-corrected chi connectivity index (χ2v) is 7.04. The van der Waals surface area contributed by atoms with E-state index in [1.165, 1.54) is 0 Å². The molecule has 1 unspecified atom stereocenters. The number of carbonyl (C=O) groups is 1. The Hall–Kier alpha value is -2.57. The smallest absolute Gasteiger partial charge is 0.378 e. The molecule has 1 aromatic rings. The summed E-state index contributed by atoms with van der Waals surface area (Å²) in [5.41, 5.74) is -1.23. The van der Waals surface area contributed by atoms with Crippen LogP contribution in [0.3, 0.4) is 0 Å². The summed E-state index contributed by atoms with van der Waals surface area (Å²) in [5.74, 6) is -1.60. The molecule has 1 saturated heterocycles. The van der Waals surface area contributed by atoms with Crippen molar-refractivity contribution < 1.29 is 36.1 Å². The Labute approximate surface area is 167 Å². The largest absolute Gasteiger partial charge is 0.406 e. The van der Waals surface area contributed by atoms with Crippen molar-refractivity contribution in [2.45, 2.75) is 31.2 Å². The van der Waals surface area contributed by atoms with Crippen LogP contribution in [0.1, 0.15) is 23.2 Å². The number of nitro benzene ring substituents is 1. The number of nitrogens with one attached hydrogen (secondary N) is 1. The number of carbonyl (C=O) groups excluding carboxylic acids is 1. The molecular formula is C17H20F6N4O3. The standard InChI is InChI=1S/C17H20F6N4O3/c1-25-6-2-3-12(25)8-24-13-5-4-11(7-14(13)27(29)30)15(28)26(9-16(18,19)20)10-17(21,22)23/h4-5,7,12,24H,2-3,6,8-10H2,1H3. The number of hydrogen-bond donors (Lipinski definition) is 1. The van der Waals surface area contributed by atoms with Gasteiger partial charge >= 0.3 is 12.4 Å². The molecule has 1 atom stereocenters. The normalized spacial score (nSPS) is 17.8. The van der Waals surface area contributed by atoms with Gasteiger partial charge in [0, 0.05) is 24.2 Å². The molecule has 1 fully saturated rings. The number of likely N-dealkylation sites (N-methyl/N-ethyl adjacent to an activating group) is 1. The van der Waals surface area contributed by atoms with Gasteiger partial charge < -0.3 is 15.1 Å². The molecule has 2 rings (SSSR count). The van der Waals surface area contributed by atoms with E-state index in [1.807, 2.05) is 7.05 Å². The molecule has 0 spiro atoms. The first kappa shape index (κ1) is 23.7. The van der Waals surface area contributed by atoms with Crippen molar-refractivity contribution in [1.29, 1.82) is 0 Å². The second-order valence-electron chi connectivity index (χ2n) is 7.04. The number of halogens is 6. The van der Waals surface area contributed by atoms with Crippen molar-refractivity contribution in [3.05, 3.63) is 33.9 Å². The third-order valence-electron chi connectivity index (χ3n) is 4.67. The van der Waals surface area contributed by atoms with E-state index in [0.717, 1.165) is 31.5 Å². The minimum Gasteiger partial charge on any atom is -0.378 e. The lowest BCUT2D eigenvalue weighted by atomic mass is 10.1. The Bertz CT molecular complexity index is 768. The Balaban J connectivity index is 2.25. The second kappa shape index (κ2) is 9.06. The summed E-state index contributed by atoms with van der Waals surface area (Å²) in [6.07, 6.45) is -8.30. The van der Waals surface area contributed by atoms with Gasteiger partial charge in [0.15, 0.2) is 0 Å². The van der Waals surface area contributed by atoms with Crippen LogP contribution in [0, 0.1) is 10.1 Å². The van der Waals surface area contributed by atoms with Gasteiger partial charge in [0.1, 0.15) is 18.8 Å². The number of alkyl halides is 6. The molecule has 1 amide bonds. The number of hydrogen-bond acceptors (Lipinski definition) is 5. The van der Waals surface area contributed by atoms with Gasteiger partial charge in [0.2, 0.25) is 0 Å². The number of amides is 1. The van der Waals surface area contributed by atoms with Crippen molar-refractivity contribution in [1.82, 2.24) is 9.80 Å². The molecule has 168 valence electrons. The van der Waals surface area contributed by atoms with Crippen LogP contribution in [0.15, 0.2) is 18.2 Å². The van der Waals surface area contributed by atoms with Gasteiger partial charge in [-0.25, -0.2) is 0 Å². The fourth-order valence-corrected chi connectivity index (χ4v) is 3.25. The number of nitrogens with zero attached hydrogens (tertiary/aromatic N) is 3. The van der Waals surface area contributed by atoms with Gasteiger partial charge in [0.25, 0.3) is 11.6 Å². The monoisotopic (exact) mass is 442 g/mol. The van der Waals surface area contributed by atoms with Crippen LogP contribution < -0.4 is 5.32 Å². The Kier molecular flexibility index (Phi) is 7.16. The van der Waals surface area contributed by atoms with Crippen molar-refractivity contribution in [3.63, 3.8) is 0 Å². The topological polar surface area (TPSA) is 78.7 Å². The lowest BCUT2D eigenvalue weighted by Crippen LogP contribution is -2.44. The third kappa shape index (κ3) is 6.75. The molecule has 1 N–H and O–H groups in total. The summed E-state index contributed by atoms with van der Waals surface area (Å²) >= 11 is 0. The highest BCUT2D eigenvalue weighted by molar-refractivity contribution is 5.95. The summed E-state index contributed by atoms with van der Waals surface area (Å²) in [5, 5.41) is 14.2. The lowest BCUT2D eigenvalue weighted by Gasteiger charge is -2.25. The summed E-state index contributed by atoms with van der Waals surface area (Å²) in [4.78, 5) is 24.4. The summed E-state index contributed by atoms with van der Waals surface area (Å²) in [6, 6.07) is 2.89. The highest BCUT2D eigenvalue weighted by Gasteiger charge is 2.40. The molecule has 1 heterocycles. The van der Waals surface area contributed by atoms with Crippen molar-refractivity contribution >= 4 is 17.3 Å². The Morgan fingerprint density at radius 2 is 1.83 bits per heavy atom. The minimum absolute atomic E-state index is 0.0232. The maximum atomic E-state index is 12.6. The average molecular weight is 442 g/mol. The minimum atomic E-state index is -5.07. The van der Waals surface area contributed by atoms with Crippen LogP contribution in [-0.2, 0) is 0 Å². The molecular weight excluding hydrogens is 422 g/mol. The van der Waals surface area contributed by atoms with Crippen molar-refractivity contribution in [2.75, 3.05) is 38.5 Å². The fourth-order valence-electron chi connectivity index (χ4n) is 3.25. The zero-order valence-electron chi connectivity index (χ0n) is 15.9. The van der Waals surface area contributed by atoms with Crippen LogP contribution >= 0.6 is 0 Å². The molecule has 0 bridgehead atoms. The zero-order chi connectivity index (χ0) is 22.7. The van der Waals surface area contributed by atoms with Crippen LogP contribution in [0.2, 0.25) is 0 Å². The zero-order valence-corrected chi connectivity index (χ0v) is 15.9. The van der Waals surface area contributed by atoms with E-state index in [0.29, 0.717) is 12.6 Å². The van der Waals surface area contributed by atoms with Crippen molar-refractivity contribution in [3.8, 4) is 0 Å². The van der Waals surface area contributed by atoms with Crippen LogP contribution in [0.25, 0.3) is 0 Å². The molecule has 0 aromatic heterocycles. The molecule has 1 aliphatic rings. The van der Waals surface area contributed by atoms with Crippen molar-refractivity contribution in [2.24, 2.45) is 0 Å². The van der Waals surface area contributed by atoms with E-state index >= 15 is 0 Å². The number of anilines is 1. The first-order chi connectivity index (χ1) is 13.8. The predicted octanol–water partition coefficient (Wildman–Crippen LogP) is 3.67. The molecule has 30 heavy (non-hydrogen) atoms. The Morgan fingerprint density at radius 1 is 1.23 bits per heavy atom. The van der Waals surface area contributed by atoms with Gasteiger partial charge in [-0.15, -0.1) is 0 Å². The van der Waals surface area contributed by atoms with Crippen LogP contribution in [0.4, 0.5) is 37.7 Å². The molecule has 1 aromatic carbocycles. The van der Waals surface area contributed by atoms with Crippen LogP contribution in [0.5, 0.6) is 0 Å². The maximum absolute atomic E-state index is 12.6. The lowest BCUT2D eigenvalue weighted by molar-refractivity contribution is -0.384.